The number of guanidine groups is 1. The number of pyridine rings is 1. The van der Waals surface area contributed by atoms with E-state index in [0.717, 1.165) is 12.1 Å². The van der Waals surface area contributed by atoms with Crippen LogP contribution in [0.3, 0.4) is 0 Å². The zero-order valence-corrected chi connectivity index (χ0v) is 20.2. The second kappa shape index (κ2) is 15.1. The van der Waals surface area contributed by atoms with Crippen molar-refractivity contribution in [3.8, 4) is 5.88 Å². The van der Waals surface area contributed by atoms with Gasteiger partial charge in [0.1, 0.15) is 12.2 Å². The summed E-state index contributed by atoms with van der Waals surface area (Å²) < 4.78 is 15.8. The molecule has 0 atom stereocenters. The molecular formula is C19H34IN5O4. The van der Waals surface area contributed by atoms with Gasteiger partial charge in [0.25, 0.3) is 0 Å². The second-order valence-electron chi connectivity index (χ2n) is 6.86. The molecule has 1 amide bonds. The number of halogens is 1. The molecule has 9 nitrogen and oxygen atoms in total. The molecule has 0 aliphatic rings. The van der Waals surface area contributed by atoms with Crippen LogP contribution in [-0.4, -0.2) is 62.6 Å². The molecule has 1 aromatic rings. The molecule has 1 aromatic heterocycles. The second-order valence-corrected chi connectivity index (χ2v) is 6.86. The summed E-state index contributed by atoms with van der Waals surface area (Å²) in [6.07, 6.45) is 1.24. The van der Waals surface area contributed by atoms with Gasteiger partial charge in [0.15, 0.2) is 5.96 Å². The summed E-state index contributed by atoms with van der Waals surface area (Å²) in [6, 6.07) is 3.77. The Kier molecular flexibility index (Phi) is 14.1. The van der Waals surface area contributed by atoms with Gasteiger partial charge in [-0.1, -0.05) is 6.07 Å². The van der Waals surface area contributed by atoms with Crippen LogP contribution in [0.4, 0.5) is 4.79 Å². The van der Waals surface area contributed by atoms with Crippen LogP contribution in [0.15, 0.2) is 23.3 Å². The number of methoxy groups -OCH3 is 1. The van der Waals surface area contributed by atoms with E-state index in [9.17, 15) is 4.79 Å². The highest BCUT2D eigenvalue weighted by Crippen LogP contribution is 2.15. The molecule has 166 valence electrons. The van der Waals surface area contributed by atoms with E-state index >= 15 is 0 Å². The van der Waals surface area contributed by atoms with Gasteiger partial charge in [-0.15, -0.1) is 24.0 Å². The van der Waals surface area contributed by atoms with Crippen molar-refractivity contribution in [2.24, 2.45) is 4.99 Å². The number of hydrogen-bond donors (Lipinski definition) is 3. The van der Waals surface area contributed by atoms with Crippen molar-refractivity contribution in [2.75, 3.05) is 40.0 Å². The molecule has 0 aromatic carbocycles. The van der Waals surface area contributed by atoms with Gasteiger partial charge in [0, 0.05) is 38.5 Å². The molecule has 3 N–H and O–H groups in total. The number of nitrogens with one attached hydrogen (secondary N) is 3. The van der Waals surface area contributed by atoms with E-state index in [-0.39, 0.29) is 24.0 Å². The number of carbonyl (C=O) groups excluding carboxylic acids is 1. The number of carbonyl (C=O) groups is 1. The highest BCUT2D eigenvalue weighted by Gasteiger charge is 2.15. The third-order valence-electron chi connectivity index (χ3n) is 3.21. The Morgan fingerprint density at radius 3 is 2.55 bits per heavy atom. The fourth-order valence-electron chi connectivity index (χ4n) is 2.06. The maximum Gasteiger partial charge on any atom is 0.407 e. The fraction of sp³-hybridized carbons (Fsp3) is 0.632. The first-order valence-corrected chi connectivity index (χ1v) is 9.40. The van der Waals surface area contributed by atoms with Crippen LogP contribution in [0.1, 0.15) is 33.3 Å². The first kappa shape index (κ1) is 27.2. The summed E-state index contributed by atoms with van der Waals surface area (Å²) in [5, 5.41) is 9.03. The molecule has 29 heavy (non-hydrogen) atoms. The smallest absolute Gasteiger partial charge is 0.407 e. The number of alkyl carbamates (subject to hydrolysis) is 1. The lowest BCUT2D eigenvalue weighted by Gasteiger charge is -2.20. The van der Waals surface area contributed by atoms with Crippen molar-refractivity contribution in [1.29, 1.82) is 0 Å². The van der Waals surface area contributed by atoms with Crippen molar-refractivity contribution in [3.05, 3.63) is 23.9 Å². The number of aromatic nitrogens is 1. The minimum Gasteiger partial charge on any atom is -0.475 e. The molecule has 0 aliphatic carbocycles. The molecule has 0 bridgehead atoms. The van der Waals surface area contributed by atoms with E-state index in [4.69, 9.17) is 14.2 Å². The average Bonchev–Trinajstić information content (AvgIpc) is 2.63. The lowest BCUT2D eigenvalue weighted by Crippen LogP contribution is -2.42. The van der Waals surface area contributed by atoms with E-state index < -0.39 is 11.7 Å². The van der Waals surface area contributed by atoms with Crippen molar-refractivity contribution in [1.82, 2.24) is 20.9 Å². The van der Waals surface area contributed by atoms with E-state index in [1.807, 2.05) is 39.8 Å². The zero-order valence-electron chi connectivity index (χ0n) is 17.9. The lowest BCUT2D eigenvalue weighted by atomic mass is 10.2. The first-order chi connectivity index (χ1) is 13.4. The zero-order chi connectivity index (χ0) is 20.8. The maximum absolute atomic E-state index is 11.6. The fourth-order valence-corrected chi connectivity index (χ4v) is 2.06. The summed E-state index contributed by atoms with van der Waals surface area (Å²) >= 11 is 0. The topological polar surface area (TPSA) is 106 Å². The molecule has 0 spiro atoms. The minimum atomic E-state index is -0.513. The number of ether oxygens (including phenoxy) is 3. The molecule has 0 radical (unpaired) electrons. The molecule has 10 heteroatoms. The summed E-state index contributed by atoms with van der Waals surface area (Å²) in [5.41, 5.74) is 0.364. The average molecular weight is 523 g/mol. The third kappa shape index (κ3) is 13.1. The SMILES string of the molecule is CCNC(=NCc1cccnc1OCCOC)NCCNC(=O)OC(C)(C)C.I. The quantitative estimate of drug-likeness (QED) is 0.187. The Morgan fingerprint density at radius 1 is 1.17 bits per heavy atom. The van der Waals surface area contributed by atoms with Gasteiger partial charge in [-0.3, -0.25) is 0 Å². The van der Waals surface area contributed by atoms with Crippen LogP contribution in [-0.2, 0) is 16.0 Å². The number of nitrogens with zero attached hydrogens (tertiary/aromatic N) is 2. The Hall–Kier alpha value is -1.82. The van der Waals surface area contributed by atoms with Gasteiger partial charge >= 0.3 is 6.09 Å². The van der Waals surface area contributed by atoms with Crippen molar-refractivity contribution in [2.45, 2.75) is 39.8 Å². The number of amides is 1. The van der Waals surface area contributed by atoms with Gasteiger partial charge in [-0.05, 0) is 33.8 Å². The van der Waals surface area contributed by atoms with E-state index in [2.05, 4.69) is 25.9 Å². The highest BCUT2D eigenvalue weighted by atomic mass is 127. The summed E-state index contributed by atoms with van der Waals surface area (Å²) in [5.74, 6) is 1.19. The van der Waals surface area contributed by atoms with Crippen molar-refractivity contribution >= 4 is 36.0 Å². The van der Waals surface area contributed by atoms with Crippen LogP contribution < -0.4 is 20.7 Å². The number of hydrogen-bond acceptors (Lipinski definition) is 6. The van der Waals surface area contributed by atoms with E-state index in [0.29, 0.717) is 44.7 Å². The summed E-state index contributed by atoms with van der Waals surface area (Å²) in [7, 11) is 1.62. The minimum absolute atomic E-state index is 0. The Labute approximate surface area is 190 Å². The van der Waals surface area contributed by atoms with Crippen LogP contribution >= 0.6 is 24.0 Å². The predicted molar refractivity (Wildman–Crippen MR) is 124 cm³/mol. The number of aliphatic imine (C=N–C) groups is 1. The molecule has 1 rings (SSSR count). The van der Waals surface area contributed by atoms with Crippen LogP contribution in [0.25, 0.3) is 0 Å². The lowest BCUT2D eigenvalue weighted by molar-refractivity contribution is 0.0529. The molecule has 0 saturated heterocycles. The summed E-state index contributed by atoms with van der Waals surface area (Å²) in [6.45, 7) is 10.4. The molecule has 0 aliphatic heterocycles. The van der Waals surface area contributed by atoms with Gasteiger partial charge in [0.05, 0.1) is 13.2 Å². The molecular weight excluding hydrogens is 489 g/mol. The van der Waals surface area contributed by atoms with E-state index in [1.54, 1.807) is 13.3 Å². The Bertz CT molecular complexity index is 623. The molecule has 0 saturated carbocycles. The molecule has 1 heterocycles. The Morgan fingerprint density at radius 2 is 1.90 bits per heavy atom. The van der Waals surface area contributed by atoms with E-state index in [1.165, 1.54) is 0 Å². The van der Waals surface area contributed by atoms with Crippen LogP contribution in [0, 0.1) is 0 Å². The number of rotatable bonds is 10. The largest absolute Gasteiger partial charge is 0.475 e. The standard InChI is InChI=1S/C19H33N5O4.HI/c1-6-20-17(22-10-11-23-18(25)28-19(2,3)4)24-14-15-8-7-9-21-16(15)27-13-12-26-5;/h7-9H,6,10-14H2,1-5H3,(H,23,25)(H2,20,22,24);1H. The highest BCUT2D eigenvalue weighted by molar-refractivity contribution is 14.0. The van der Waals surface area contributed by atoms with Crippen molar-refractivity contribution in [3.63, 3.8) is 0 Å². The van der Waals surface area contributed by atoms with Crippen LogP contribution in [0.5, 0.6) is 5.88 Å². The van der Waals surface area contributed by atoms with Gasteiger partial charge in [-0.25, -0.2) is 14.8 Å². The normalized spacial score (nSPS) is 11.3. The van der Waals surface area contributed by atoms with Gasteiger partial charge in [-0.2, -0.15) is 0 Å². The molecule has 0 fully saturated rings. The third-order valence-corrected chi connectivity index (χ3v) is 3.21. The monoisotopic (exact) mass is 523 g/mol. The summed E-state index contributed by atoms with van der Waals surface area (Å²) in [4.78, 5) is 20.4. The van der Waals surface area contributed by atoms with Gasteiger partial charge in [0.2, 0.25) is 5.88 Å². The predicted octanol–water partition coefficient (Wildman–Crippen LogP) is 2.30. The van der Waals surface area contributed by atoms with Crippen LogP contribution in [0.2, 0.25) is 0 Å². The first-order valence-electron chi connectivity index (χ1n) is 9.40. The maximum atomic E-state index is 11.6. The van der Waals surface area contributed by atoms with Gasteiger partial charge < -0.3 is 30.2 Å². The van der Waals surface area contributed by atoms with Crippen molar-refractivity contribution < 1.29 is 19.0 Å². The Balaban J connectivity index is 0.00000784. The molecule has 0 unspecified atom stereocenters.